The number of morpholine rings is 1. The van der Waals surface area contributed by atoms with E-state index >= 15 is 0 Å². The average Bonchev–Trinajstić information content (AvgIpc) is 2.76. The summed E-state index contributed by atoms with van der Waals surface area (Å²) in [5.74, 6) is 0.0227. The molecule has 2 fully saturated rings. The molecule has 3 atom stereocenters. The lowest BCUT2D eigenvalue weighted by atomic mass is 9.82. The molecule has 0 bridgehead atoms. The van der Waals surface area contributed by atoms with Crippen LogP contribution in [-0.4, -0.2) is 30.5 Å². The zero-order valence-electron chi connectivity index (χ0n) is 16.6. The Kier molecular flexibility index (Phi) is 6.38. The number of nitrogens with one attached hydrogen (secondary N) is 2. The SMILES string of the molecule is O=C1NC2CC(C(=O)NCCc3ccccc3)CCC2O/C1=C\c1ccc(Cl)cc1. The predicted molar refractivity (Wildman–Crippen MR) is 117 cm³/mol. The molecule has 2 amide bonds. The van der Waals surface area contributed by atoms with Crippen LogP contribution >= 0.6 is 11.6 Å². The number of carbonyl (C=O) groups is 2. The number of rotatable bonds is 5. The molecule has 0 spiro atoms. The third-order valence-corrected chi connectivity index (χ3v) is 5.95. The zero-order valence-corrected chi connectivity index (χ0v) is 17.4. The Morgan fingerprint density at radius 3 is 2.67 bits per heavy atom. The third-order valence-electron chi connectivity index (χ3n) is 5.70. The van der Waals surface area contributed by atoms with Crippen LogP contribution in [0.15, 0.2) is 60.4 Å². The average molecular weight is 425 g/mol. The van der Waals surface area contributed by atoms with Crippen molar-refractivity contribution in [3.63, 3.8) is 0 Å². The van der Waals surface area contributed by atoms with E-state index in [1.165, 1.54) is 5.56 Å². The molecule has 0 aromatic heterocycles. The number of halogens is 1. The summed E-state index contributed by atoms with van der Waals surface area (Å²) in [6, 6.07) is 17.2. The second-order valence-corrected chi connectivity index (χ2v) is 8.27. The van der Waals surface area contributed by atoms with E-state index in [-0.39, 0.29) is 29.9 Å². The molecule has 6 heteroatoms. The van der Waals surface area contributed by atoms with Crippen LogP contribution in [0.3, 0.4) is 0 Å². The Morgan fingerprint density at radius 1 is 1.13 bits per heavy atom. The number of carbonyl (C=O) groups excluding carboxylic acids is 2. The summed E-state index contributed by atoms with van der Waals surface area (Å²) in [5, 5.41) is 6.71. The van der Waals surface area contributed by atoms with Gasteiger partial charge in [0.2, 0.25) is 5.91 Å². The first-order valence-corrected chi connectivity index (χ1v) is 10.7. The van der Waals surface area contributed by atoms with E-state index in [4.69, 9.17) is 16.3 Å². The van der Waals surface area contributed by atoms with Crippen LogP contribution in [0.5, 0.6) is 0 Å². The van der Waals surface area contributed by atoms with Gasteiger partial charge in [-0.25, -0.2) is 0 Å². The first kappa shape index (κ1) is 20.5. The molecule has 1 saturated heterocycles. The van der Waals surface area contributed by atoms with Crippen molar-refractivity contribution in [2.45, 2.75) is 37.8 Å². The summed E-state index contributed by atoms with van der Waals surface area (Å²) in [6.07, 6.45) is 4.52. The largest absolute Gasteiger partial charge is 0.483 e. The summed E-state index contributed by atoms with van der Waals surface area (Å²) >= 11 is 5.91. The van der Waals surface area contributed by atoms with E-state index in [0.717, 1.165) is 24.8 Å². The van der Waals surface area contributed by atoms with Crippen LogP contribution in [0.2, 0.25) is 5.02 Å². The predicted octanol–water partition coefficient (Wildman–Crippen LogP) is 3.72. The van der Waals surface area contributed by atoms with Crippen molar-refractivity contribution in [2.75, 3.05) is 6.54 Å². The smallest absolute Gasteiger partial charge is 0.286 e. The molecule has 156 valence electrons. The first-order chi connectivity index (χ1) is 14.6. The summed E-state index contributed by atoms with van der Waals surface area (Å²) in [5.41, 5.74) is 2.06. The number of hydrogen-bond acceptors (Lipinski definition) is 3. The first-order valence-electron chi connectivity index (χ1n) is 10.3. The van der Waals surface area contributed by atoms with Crippen molar-refractivity contribution < 1.29 is 14.3 Å². The molecule has 2 aromatic carbocycles. The monoisotopic (exact) mass is 424 g/mol. The lowest BCUT2D eigenvalue weighted by Crippen LogP contribution is -2.54. The van der Waals surface area contributed by atoms with Gasteiger partial charge in [0, 0.05) is 17.5 Å². The van der Waals surface area contributed by atoms with Gasteiger partial charge in [0.1, 0.15) is 6.10 Å². The minimum absolute atomic E-state index is 0.0566. The highest BCUT2D eigenvalue weighted by Crippen LogP contribution is 2.31. The Labute approximate surface area is 181 Å². The van der Waals surface area contributed by atoms with Crippen molar-refractivity contribution in [1.29, 1.82) is 0 Å². The van der Waals surface area contributed by atoms with Crippen LogP contribution in [0.25, 0.3) is 6.08 Å². The molecule has 2 aliphatic rings. The fourth-order valence-corrected chi connectivity index (χ4v) is 4.18. The Balaban J connectivity index is 1.30. The second kappa shape index (κ2) is 9.35. The molecule has 2 N–H and O–H groups in total. The molecule has 1 heterocycles. The maximum absolute atomic E-state index is 12.6. The van der Waals surface area contributed by atoms with Crippen LogP contribution in [0.4, 0.5) is 0 Å². The van der Waals surface area contributed by atoms with Crippen LogP contribution in [-0.2, 0) is 20.7 Å². The molecule has 2 aromatic rings. The van der Waals surface area contributed by atoms with E-state index in [0.29, 0.717) is 23.7 Å². The lowest BCUT2D eigenvalue weighted by molar-refractivity contribution is -0.134. The van der Waals surface area contributed by atoms with E-state index in [1.807, 2.05) is 30.3 Å². The third kappa shape index (κ3) is 5.03. The number of hydrogen-bond donors (Lipinski definition) is 2. The Hall–Kier alpha value is -2.79. The Bertz CT molecular complexity index is 927. The van der Waals surface area contributed by atoms with Gasteiger partial charge in [-0.3, -0.25) is 9.59 Å². The fraction of sp³-hybridized carbons (Fsp3) is 0.333. The molecular formula is C24H25ClN2O3. The normalized spacial score (nSPS) is 24.5. The van der Waals surface area contributed by atoms with Gasteiger partial charge in [-0.2, -0.15) is 0 Å². The standard InChI is InChI=1S/C24H25ClN2O3/c25-19-9-6-17(7-10-19)14-22-24(29)27-20-15-18(8-11-21(20)30-22)23(28)26-13-12-16-4-2-1-3-5-16/h1-7,9-10,14,18,20-21H,8,11-13,15H2,(H,26,28)(H,27,29)/b22-14-. The molecular weight excluding hydrogens is 400 g/mol. The molecule has 1 saturated carbocycles. The van der Waals surface area contributed by atoms with Crippen molar-refractivity contribution in [3.05, 3.63) is 76.5 Å². The second-order valence-electron chi connectivity index (χ2n) is 7.83. The van der Waals surface area contributed by atoms with Gasteiger partial charge >= 0.3 is 0 Å². The molecule has 1 aliphatic heterocycles. The maximum Gasteiger partial charge on any atom is 0.286 e. The Morgan fingerprint density at radius 2 is 1.90 bits per heavy atom. The van der Waals surface area contributed by atoms with Gasteiger partial charge in [-0.1, -0.05) is 54.1 Å². The molecule has 30 heavy (non-hydrogen) atoms. The fourth-order valence-electron chi connectivity index (χ4n) is 4.06. The maximum atomic E-state index is 12.6. The van der Waals surface area contributed by atoms with E-state index < -0.39 is 0 Å². The van der Waals surface area contributed by atoms with Gasteiger partial charge < -0.3 is 15.4 Å². The van der Waals surface area contributed by atoms with Crippen molar-refractivity contribution in [1.82, 2.24) is 10.6 Å². The molecule has 3 unspecified atom stereocenters. The highest BCUT2D eigenvalue weighted by molar-refractivity contribution is 6.30. The summed E-state index contributed by atoms with van der Waals surface area (Å²) in [4.78, 5) is 25.1. The van der Waals surface area contributed by atoms with Crippen molar-refractivity contribution in [2.24, 2.45) is 5.92 Å². The number of ether oxygens (including phenoxy) is 1. The minimum atomic E-state index is -0.240. The number of fused-ring (bicyclic) bond motifs is 1. The number of amides is 2. The zero-order chi connectivity index (χ0) is 20.9. The van der Waals surface area contributed by atoms with Gasteiger partial charge in [0.25, 0.3) is 5.91 Å². The quantitative estimate of drug-likeness (QED) is 0.719. The summed E-state index contributed by atoms with van der Waals surface area (Å²) in [7, 11) is 0. The van der Waals surface area contributed by atoms with E-state index in [9.17, 15) is 9.59 Å². The van der Waals surface area contributed by atoms with Gasteiger partial charge in [-0.05, 0) is 55.0 Å². The summed E-state index contributed by atoms with van der Waals surface area (Å²) < 4.78 is 5.99. The highest BCUT2D eigenvalue weighted by atomic mass is 35.5. The van der Waals surface area contributed by atoms with Crippen LogP contribution < -0.4 is 10.6 Å². The van der Waals surface area contributed by atoms with Crippen molar-refractivity contribution >= 4 is 29.5 Å². The molecule has 0 radical (unpaired) electrons. The highest BCUT2D eigenvalue weighted by Gasteiger charge is 2.40. The van der Waals surface area contributed by atoms with Crippen LogP contribution in [0.1, 0.15) is 30.4 Å². The lowest BCUT2D eigenvalue weighted by Gasteiger charge is -2.39. The topological polar surface area (TPSA) is 67.4 Å². The molecule has 5 nitrogen and oxygen atoms in total. The van der Waals surface area contributed by atoms with E-state index in [2.05, 4.69) is 22.8 Å². The van der Waals surface area contributed by atoms with Crippen molar-refractivity contribution in [3.8, 4) is 0 Å². The molecule has 4 rings (SSSR count). The molecule has 1 aliphatic carbocycles. The summed E-state index contributed by atoms with van der Waals surface area (Å²) in [6.45, 7) is 0.615. The van der Waals surface area contributed by atoms with Gasteiger partial charge in [0.05, 0.1) is 6.04 Å². The van der Waals surface area contributed by atoms with Gasteiger partial charge in [-0.15, -0.1) is 0 Å². The van der Waals surface area contributed by atoms with Gasteiger partial charge in [0.15, 0.2) is 5.76 Å². The minimum Gasteiger partial charge on any atom is -0.483 e. The number of benzene rings is 2. The van der Waals surface area contributed by atoms with Crippen LogP contribution in [0, 0.1) is 5.92 Å². The van der Waals surface area contributed by atoms with E-state index in [1.54, 1.807) is 18.2 Å².